The molecule has 37 heavy (non-hydrogen) atoms. The summed E-state index contributed by atoms with van der Waals surface area (Å²) >= 11 is 0. The number of hydrogen-bond donors (Lipinski definition) is 1. The summed E-state index contributed by atoms with van der Waals surface area (Å²) in [6.45, 7) is 8.74. The highest BCUT2D eigenvalue weighted by Crippen LogP contribution is 2.51. The number of esters is 1. The SMILES string of the molecule is CCC(CC)(c1ccc(C#CC2(O)CCCCC2)c(C)c1)c1ccc(O[C@@H]2C[C@@]23CCC(=O)O3)c(C)c1. The van der Waals surface area contributed by atoms with Crippen molar-refractivity contribution in [2.75, 3.05) is 0 Å². The Morgan fingerprint density at radius 1 is 1.00 bits per heavy atom. The van der Waals surface area contributed by atoms with Gasteiger partial charge in [-0.2, -0.15) is 0 Å². The average molecular weight is 501 g/mol. The normalized spacial score (nSPS) is 24.4. The van der Waals surface area contributed by atoms with Gasteiger partial charge in [0.15, 0.2) is 5.60 Å². The highest BCUT2D eigenvalue weighted by Gasteiger charge is 2.63. The molecule has 0 unspecified atom stereocenters. The number of rotatable bonds is 6. The van der Waals surface area contributed by atoms with Crippen molar-refractivity contribution < 1.29 is 19.4 Å². The monoisotopic (exact) mass is 500 g/mol. The van der Waals surface area contributed by atoms with Gasteiger partial charge in [0.2, 0.25) is 0 Å². The van der Waals surface area contributed by atoms with Crippen molar-refractivity contribution in [2.24, 2.45) is 0 Å². The number of benzene rings is 2. The number of ether oxygens (including phenoxy) is 2. The van der Waals surface area contributed by atoms with Crippen molar-refractivity contribution in [3.63, 3.8) is 0 Å². The van der Waals surface area contributed by atoms with E-state index >= 15 is 0 Å². The molecule has 2 aromatic rings. The molecule has 0 bridgehead atoms. The summed E-state index contributed by atoms with van der Waals surface area (Å²) < 4.78 is 11.8. The van der Waals surface area contributed by atoms with Gasteiger partial charge in [-0.1, -0.05) is 56.4 Å². The lowest BCUT2D eigenvalue weighted by atomic mass is 9.70. The molecule has 3 fully saturated rings. The predicted octanol–water partition coefficient (Wildman–Crippen LogP) is 6.68. The second-order valence-corrected chi connectivity index (χ2v) is 11.5. The lowest BCUT2D eigenvalue weighted by Gasteiger charge is -2.34. The molecule has 1 N–H and O–H groups in total. The van der Waals surface area contributed by atoms with Gasteiger partial charge < -0.3 is 14.6 Å². The maximum Gasteiger partial charge on any atom is 0.306 e. The second-order valence-electron chi connectivity index (χ2n) is 11.5. The van der Waals surface area contributed by atoms with E-state index in [-0.39, 0.29) is 23.1 Å². The largest absolute Gasteiger partial charge is 0.486 e. The van der Waals surface area contributed by atoms with Gasteiger partial charge in [-0.3, -0.25) is 4.79 Å². The predicted molar refractivity (Wildman–Crippen MR) is 146 cm³/mol. The third-order valence-corrected chi connectivity index (χ3v) is 9.12. The van der Waals surface area contributed by atoms with Crippen LogP contribution in [-0.4, -0.2) is 28.4 Å². The summed E-state index contributed by atoms with van der Waals surface area (Å²) in [7, 11) is 0. The second kappa shape index (κ2) is 9.84. The number of aliphatic hydroxyl groups is 1. The molecule has 5 rings (SSSR count). The van der Waals surface area contributed by atoms with Gasteiger partial charge in [-0.25, -0.2) is 0 Å². The van der Waals surface area contributed by atoms with Crippen molar-refractivity contribution in [2.45, 2.75) is 115 Å². The van der Waals surface area contributed by atoms with E-state index in [1.165, 1.54) is 17.5 Å². The van der Waals surface area contributed by atoms with Crippen LogP contribution in [0.3, 0.4) is 0 Å². The van der Waals surface area contributed by atoms with Crippen LogP contribution < -0.4 is 4.74 Å². The summed E-state index contributed by atoms with van der Waals surface area (Å²) in [5.41, 5.74) is 4.51. The lowest BCUT2D eigenvalue weighted by molar-refractivity contribution is -0.143. The van der Waals surface area contributed by atoms with E-state index < -0.39 is 5.60 Å². The molecule has 2 aromatic carbocycles. The fourth-order valence-electron chi connectivity index (χ4n) is 6.43. The molecular formula is C33H40O4. The van der Waals surface area contributed by atoms with Gasteiger partial charge in [0.25, 0.3) is 0 Å². The molecule has 1 aliphatic heterocycles. The van der Waals surface area contributed by atoms with Gasteiger partial charge in [-0.15, -0.1) is 0 Å². The maximum absolute atomic E-state index is 11.6. The van der Waals surface area contributed by atoms with Crippen LogP contribution in [0.2, 0.25) is 0 Å². The van der Waals surface area contributed by atoms with E-state index in [4.69, 9.17) is 9.47 Å². The van der Waals surface area contributed by atoms with Crippen LogP contribution in [0.25, 0.3) is 0 Å². The first-order chi connectivity index (χ1) is 17.7. The van der Waals surface area contributed by atoms with Crippen LogP contribution in [0, 0.1) is 25.7 Å². The van der Waals surface area contributed by atoms with Crippen LogP contribution in [-0.2, 0) is 14.9 Å². The Morgan fingerprint density at radius 2 is 1.68 bits per heavy atom. The van der Waals surface area contributed by atoms with Gasteiger partial charge in [0.1, 0.15) is 17.5 Å². The fraction of sp³-hybridized carbons (Fsp3) is 0.545. The number of hydrogen-bond acceptors (Lipinski definition) is 4. The molecule has 1 saturated heterocycles. The molecule has 2 saturated carbocycles. The Bertz CT molecular complexity index is 1240. The molecule has 1 spiro atoms. The first kappa shape index (κ1) is 25.9. The van der Waals surface area contributed by atoms with E-state index in [0.717, 1.165) is 73.8 Å². The molecule has 0 aromatic heterocycles. The molecule has 1 heterocycles. The molecule has 0 radical (unpaired) electrons. The highest BCUT2D eigenvalue weighted by molar-refractivity contribution is 5.73. The third kappa shape index (κ3) is 4.91. The zero-order valence-corrected chi connectivity index (χ0v) is 22.8. The zero-order valence-electron chi connectivity index (χ0n) is 22.8. The molecule has 196 valence electrons. The molecule has 2 atom stereocenters. The smallest absolute Gasteiger partial charge is 0.306 e. The molecule has 2 aliphatic carbocycles. The minimum atomic E-state index is -0.833. The van der Waals surface area contributed by atoms with Crippen LogP contribution in [0.4, 0.5) is 0 Å². The van der Waals surface area contributed by atoms with Crippen molar-refractivity contribution in [3.8, 4) is 17.6 Å². The molecule has 4 nitrogen and oxygen atoms in total. The zero-order chi connectivity index (χ0) is 26.3. The Kier molecular flexibility index (Phi) is 6.88. The van der Waals surface area contributed by atoms with Crippen LogP contribution in [0.15, 0.2) is 36.4 Å². The summed E-state index contributed by atoms with van der Waals surface area (Å²) in [6, 6.07) is 13.2. The quantitative estimate of drug-likeness (QED) is 0.355. The first-order valence-corrected chi connectivity index (χ1v) is 14.1. The van der Waals surface area contributed by atoms with E-state index in [9.17, 15) is 9.90 Å². The van der Waals surface area contributed by atoms with Crippen LogP contribution in [0.5, 0.6) is 5.75 Å². The lowest BCUT2D eigenvalue weighted by Crippen LogP contribution is -2.29. The van der Waals surface area contributed by atoms with E-state index in [1.54, 1.807) is 0 Å². The highest BCUT2D eigenvalue weighted by atomic mass is 16.6. The Balaban J connectivity index is 1.38. The number of carbonyl (C=O) groups excluding carboxylic acids is 1. The summed E-state index contributed by atoms with van der Waals surface area (Å²) in [6.07, 6.45) is 8.83. The average Bonchev–Trinajstić information content (AvgIpc) is 3.41. The van der Waals surface area contributed by atoms with Gasteiger partial charge in [0, 0.05) is 30.2 Å². The molecular weight excluding hydrogens is 460 g/mol. The van der Waals surface area contributed by atoms with Crippen molar-refractivity contribution in [1.29, 1.82) is 0 Å². The van der Waals surface area contributed by atoms with E-state index in [1.807, 2.05) is 0 Å². The van der Waals surface area contributed by atoms with Crippen molar-refractivity contribution >= 4 is 5.97 Å². The summed E-state index contributed by atoms with van der Waals surface area (Å²) in [4.78, 5) is 11.6. The van der Waals surface area contributed by atoms with Gasteiger partial charge in [0.05, 0.1) is 0 Å². The molecule has 0 amide bonds. The number of carbonyl (C=O) groups is 1. The van der Waals surface area contributed by atoms with Crippen LogP contribution in [0.1, 0.15) is 106 Å². The topological polar surface area (TPSA) is 55.8 Å². The van der Waals surface area contributed by atoms with E-state index in [0.29, 0.717) is 6.42 Å². The standard InChI is InChI=1S/C33H40O4/c1-5-32(6-2,26-11-10-25(23(3)20-26)14-18-31(35)16-8-7-9-17-31)27-12-13-28(24(4)21-27)36-29-22-33(29)19-15-30(34)37-33/h10-13,20-21,29,35H,5-9,15-17,19,22H2,1-4H3/t29-,33+/m1/s1. The van der Waals surface area contributed by atoms with E-state index in [2.05, 4.69) is 75.9 Å². The summed E-state index contributed by atoms with van der Waals surface area (Å²) in [5.74, 6) is 7.25. The number of aryl methyl sites for hydroxylation is 2. The van der Waals surface area contributed by atoms with Crippen molar-refractivity contribution in [3.05, 3.63) is 64.2 Å². The Labute approximate surface area is 221 Å². The van der Waals surface area contributed by atoms with Crippen molar-refractivity contribution in [1.82, 2.24) is 0 Å². The fourth-order valence-corrected chi connectivity index (χ4v) is 6.43. The Morgan fingerprint density at radius 3 is 2.27 bits per heavy atom. The van der Waals surface area contributed by atoms with Crippen LogP contribution >= 0.6 is 0 Å². The van der Waals surface area contributed by atoms with Gasteiger partial charge in [-0.05, 0) is 86.8 Å². The minimum absolute atomic E-state index is 0.0337. The minimum Gasteiger partial charge on any atom is -0.486 e. The molecule has 3 aliphatic rings. The Hall–Kier alpha value is -2.77. The third-order valence-electron chi connectivity index (χ3n) is 9.12. The maximum atomic E-state index is 11.6. The summed E-state index contributed by atoms with van der Waals surface area (Å²) in [5, 5.41) is 10.8. The van der Waals surface area contributed by atoms with Gasteiger partial charge >= 0.3 is 5.97 Å². The first-order valence-electron chi connectivity index (χ1n) is 14.1. The molecule has 4 heteroatoms.